The van der Waals surface area contributed by atoms with Gasteiger partial charge in [-0.15, -0.1) is 0 Å². The maximum atomic E-state index is 12.6. The Bertz CT molecular complexity index is 835. The Morgan fingerprint density at radius 1 is 1.11 bits per heavy atom. The van der Waals surface area contributed by atoms with Crippen LogP contribution in [-0.2, 0) is 9.53 Å². The van der Waals surface area contributed by atoms with E-state index in [1.54, 1.807) is 19.1 Å². The molecule has 0 heterocycles. The van der Waals surface area contributed by atoms with Crippen LogP contribution in [0.25, 0.3) is 0 Å². The molecule has 2 aromatic carbocycles. The van der Waals surface area contributed by atoms with Crippen molar-refractivity contribution in [1.29, 1.82) is 0 Å². The molecule has 1 amide bonds. The predicted molar refractivity (Wildman–Crippen MR) is 107 cm³/mol. The Morgan fingerprint density at radius 3 is 2.48 bits per heavy atom. The van der Waals surface area contributed by atoms with Gasteiger partial charge in [0.15, 0.2) is 6.10 Å². The second kappa shape index (κ2) is 9.42. The molecule has 1 unspecified atom stereocenters. The lowest BCUT2D eigenvalue weighted by Crippen LogP contribution is -2.32. The summed E-state index contributed by atoms with van der Waals surface area (Å²) in [6.07, 6.45) is -0.162. The lowest BCUT2D eigenvalue weighted by molar-refractivity contribution is -0.122. The fraction of sp³-hybridized carbons (Fsp3) is 0.333. The minimum absolute atomic E-state index is 0.208. The summed E-state index contributed by atoms with van der Waals surface area (Å²) in [5.74, 6) is -0.155. The minimum Gasteiger partial charge on any atom is -0.480 e. The van der Waals surface area contributed by atoms with Crippen molar-refractivity contribution in [3.05, 3.63) is 58.1 Å². The Balaban J connectivity index is 2.14. The van der Waals surface area contributed by atoms with Gasteiger partial charge in [-0.1, -0.05) is 36.2 Å². The number of benzene rings is 2. The Kier molecular flexibility index (Phi) is 7.25. The highest BCUT2D eigenvalue weighted by atomic mass is 35.5. The van der Waals surface area contributed by atoms with Gasteiger partial charge in [-0.2, -0.15) is 0 Å². The number of esters is 1. The lowest BCUT2D eigenvalue weighted by atomic mass is 10.1. The minimum atomic E-state index is -0.659. The van der Waals surface area contributed by atoms with Gasteiger partial charge in [-0.25, -0.2) is 4.79 Å². The Morgan fingerprint density at radius 2 is 1.85 bits per heavy atom. The number of aryl methyl sites for hydroxylation is 2. The molecule has 144 valence electrons. The van der Waals surface area contributed by atoms with E-state index in [1.165, 1.54) is 6.07 Å². The zero-order valence-corrected chi connectivity index (χ0v) is 16.7. The van der Waals surface area contributed by atoms with Gasteiger partial charge < -0.3 is 14.8 Å². The van der Waals surface area contributed by atoms with Gasteiger partial charge in [-0.3, -0.25) is 4.79 Å². The van der Waals surface area contributed by atoms with Crippen LogP contribution in [0, 0.1) is 13.8 Å². The first-order valence-corrected chi connectivity index (χ1v) is 9.25. The topological polar surface area (TPSA) is 64.6 Å². The fourth-order valence-electron chi connectivity index (χ4n) is 2.60. The lowest BCUT2D eigenvalue weighted by Gasteiger charge is -2.19. The highest BCUT2D eigenvalue weighted by Gasteiger charge is 2.20. The van der Waals surface area contributed by atoms with Crippen molar-refractivity contribution in [1.82, 2.24) is 0 Å². The second-order valence-corrected chi connectivity index (χ2v) is 6.60. The first-order valence-electron chi connectivity index (χ1n) is 8.87. The normalized spacial score (nSPS) is 11.6. The van der Waals surface area contributed by atoms with E-state index in [-0.39, 0.29) is 23.1 Å². The largest absolute Gasteiger partial charge is 0.480 e. The van der Waals surface area contributed by atoms with Crippen LogP contribution in [-0.4, -0.2) is 24.6 Å². The number of rotatable bonds is 7. The summed E-state index contributed by atoms with van der Waals surface area (Å²) in [6.45, 7) is 7.78. The number of hydrogen-bond acceptors (Lipinski definition) is 4. The van der Waals surface area contributed by atoms with Crippen LogP contribution in [0.2, 0.25) is 5.02 Å². The van der Waals surface area contributed by atoms with Crippen LogP contribution >= 0.6 is 11.6 Å². The number of carbonyl (C=O) groups is 2. The van der Waals surface area contributed by atoms with E-state index in [2.05, 4.69) is 5.32 Å². The van der Waals surface area contributed by atoms with Gasteiger partial charge in [0, 0.05) is 5.69 Å². The molecule has 0 aliphatic carbocycles. The molecule has 0 radical (unpaired) electrons. The molecule has 5 nitrogen and oxygen atoms in total. The van der Waals surface area contributed by atoms with Crippen LogP contribution < -0.4 is 10.1 Å². The van der Waals surface area contributed by atoms with E-state index in [9.17, 15) is 9.59 Å². The van der Waals surface area contributed by atoms with Crippen molar-refractivity contribution < 1.29 is 19.1 Å². The summed E-state index contributed by atoms with van der Waals surface area (Å²) in [5, 5.41) is 3.05. The highest BCUT2D eigenvalue weighted by Crippen LogP contribution is 2.24. The number of anilines is 1. The van der Waals surface area contributed by atoms with E-state index >= 15 is 0 Å². The van der Waals surface area contributed by atoms with Crippen LogP contribution in [0.4, 0.5) is 5.69 Å². The third-order valence-corrected chi connectivity index (χ3v) is 4.32. The van der Waals surface area contributed by atoms with Crippen molar-refractivity contribution in [3.63, 3.8) is 0 Å². The number of hydrogen-bond donors (Lipinski definition) is 1. The zero-order chi connectivity index (χ0) is 20.0. The zero-order valence-electron chi connectivity index (χ0n) is 16.0. The molecular formula is C21H24ClNO4. The third-order valence-electron chi connectivity index (χ3n) is 3.99. The molecule has 0 saturated heterocycles. The molecule has 6 heteroatoms. The maximum absolute atomic E-state index is 12.6. The average Bonchev–Trinajstić information content (AvgIpc) is 2.62. The van der Waals surface area contributed by atoms with Gasteiger partial charge in [0.05, 0.1) is 17.2 Å². The van der Waals surface area contributed by atoms with E-state index < -0.39 is 12.1 Å². The van der Waals surface area contributed by atoms with Crippen LogP contribution in [0.1, 0.15) is 41.8 Å². The quantitative estimate of drug-likeness (QED) is 0.682. The number of ether oxygens (including phenoxy) is 2. The van der Waals surface area contributed by atoms with Crippen molar-refractivity contribution in [2.45, 2.75) is 40.2 Å². The Labute approximate surface area is 164 Å². The first kappa shape index (κ1) is 20.8. The summed E-state index contributed by atoms with van der Waals surface area (Å²) in [5.41, 5.74) is 2.76. The van der Waals surface area contributed by atoms with Gasteiger partial charge in [0.25, 0.3) is 5.91 Å². The molecule has 0 fully saturated rings. The summed E-state index contributed by atoms with van der Waals surface area (Å²) in [4.78, 5) is 24.6. The standard InChI is InChI=1S/C21H24ClNO4/c1-5-18(27-19-10-7-13(3)11-14(19)4)20(24)23-15-8-9-17(22)16(12-15)21(25)26-6-2/h7-12,18H,5-6H2,1-4H3,(H,23,24). The summed E-state index contributed by atoms with van der Waals surface area (Å²) in [7, 11) is 0. The average molecular weight is 390 g/mol. The van der Waals surface area contributed by atoms with Crippen molar-refractivity contribution in [3.8, 4) is 5.75 Å². The number of nitrogens with one attached hydrogen (secondary N) is 1. The van der Waals surface area contributed by atoms with Gasteiger partial charge in [0.1, 0.15) is 5.75 Å². The van der Waals surface area contributed by atoms with Gasteiger partial charge in [0.2, 0.25) is 0 Å². The van der Waals surface area contributed by atoms with Crippen LogP contribution in [0.3, 0.4) is 0 Å². The van der Waals surface area contributed by atoms with Gasteiger partial charge in [-0.05, 0) is 57.0 Å². The molecule has 0 aliphatic heterocycles. The van der Waals surface area contributed by atoms with Crippen molar-refractivity contribution in [2.24, 2.45) is 0 Å². The summed E-state index contributed by atoms with van der Waals surface area (Å²) >= 11 is 6.05. The number of carbonyl (C=O) groups excluding carboxylic acids is 2. The van der Waals surface area contributed by atoms with E-state index in [4.69, 9.17) is 21.1 Å². The number of amides is 1. The molecule has 1 atom stereocenters. The van der Waals surface area contributed by atoms with Crippen molar-refractivity contribution in [2.75, 3.05) is 11.9 Å². The first-order chi connectivity index (χ1) is 12.8. The van der Waals surface area contributed by atoms with Crippen LogP contribution in [0.5, 0.6) is 5.75 Å². The molecule has 27 heavy (non-hydrogen) atoms. The monoisotopic (exact) mass is 389 g/mol. The highest BCUT2D eigenvalue weighted by molar-refractivity contribution is 6.33. The SMILES string of the molecule is CCOC(=O)c1cc(NC(=O)C(CC)Oc2ccc(C)cc2C)ccc1Cl. The van der Waals surface area contributed by atoms with E-state index in [0.29, 0.717) is 17.9 Å². The second-order valence-electron chi connectivity index (χ2n) is 6.19. The summed E-state index contributed by atoms with van der Waals surface area (Å²) in [6, 6.07) is 10.5. The van der Waals surface area contributed by atoms with E-state index in [0.717, 1.165) is 11.1 Å². The number of halogens is 1. The third kappa shape index (κ3) is 5.47. The molecule has 1 N–H and O–H groups in total. The molecule has 0 bridgehead atoms. The predicted octanol–water partition coefficient (Wildman–Crippen LogP) is 4.93. The van der Waals surface area contributed by atoms with Crippen molar-refractivity contribution >= 4 is 29.2 Å². The van der Waals surface area contributed by atoms with E-state index in [1.807, 2.05) is 39.0 Å². The van der Waals surface area contributed by atoms with Gasteiger partial charge >= 0.3 is 5.97 Å². The van der Waals surface area contributed by atoms with Crippen LogP contribution in [0.15, 0.2) is 36.4 Å². The summed E-state index contributed by atoms with van der Waals surface area (Å²) < 4.78 is 10.9. The Hall–Kier alpha value is -2.53. The molecule has 2 aromatic rings. The molecule has 0 spiro atoms. The molecule has 2 rings (SSSR count). The molecular weight excluding hydrogens is 366 g/mol. The maximum Gasteiger partial charge on any atom is 0.339 e. The smallest absolute Gasteiger partial charge is 0.339 e. The fourth-order valence-corrected chi connectivity index (χ4v) is 2.79. The molecule has 0 saturated carbocycles. The molecule has 0 aromatic heterocycles. The molecule has 0 aliphatic rings.